The number of carbonyl (C=O) groups excluding carboxylic acids is 1. The summed E-state index contributed by atoms with van der Waals surface area (Å²) in [6, 6.07) is 8.29. The molecule has 1 N–H and O–H groups in total. The summed E-state index contributed by atoms with van der Waals surface area (Å²) in [5, 5.41) is 11.1. The van der Waals surface area contributed by atoms with Crippen LogP contribution in [0.4, 0.5) is 0 Å². The largest absolute Gasteiger partial charge is 0.489 e. The van der Waals surface area contributed by atoms with Crippen molar-refractivity contribution in [1.82, 2.24) is 0 Å². The van der Waals surface area contributed by atoms with Gasteiger partial charge >= 0.3 is 11.6 Å². The van der Waals surface area contributed by atoms with E-state index in [1.165, 1.54) is 6.07 Å². The number of ether oxygens (including phenoxy) is 2. The first-order valence-corrected chi connectivity index (χ1v) is 8.16. The number of fused-ring (bicyclic) bond motifs is 1. The van der Waals surface area contributed by atoms with Crippen LogP contribution in [-0.4, -0.2) is 29.9 Å². The maximum Gasteiger partial charge on any atom is 0.336 e. The summed E-state index contributed by atoms with van der Waals surface area (Å²) < 4.78 is 15.9. The van der Waals surface area contributed by atoms with Crippen LogP contribution in [0.25, 0.3) is 11.0 Å². The standard InChI is InChI=1S/C19H20O6/c1-11(18(21)16-9-12(2)19(22)25-16)7-8-23-14-5-3-13-4-6-17(20)24-15(13)10-14/h3-7,10,12,16,18,21H,8-9H2,1-2H3/b11-7+. The van der Waals surface area contributed by atoms with Gasteiger partial charge in [0.25, 0.3) is 0 Å². The van der Waals surface area contributed by atoms with E-state index in [-0.39, 0.29) is 18.5 Å². The number of aliphatic hydroxyl groups is 1. The average Bonchev–Trinajstić information content (AvgIpc) is 2.92. The maximum atomic E-state index is 11.4. The lowest BCUT2D eigenvalue weighted by Gasteiger charge is -2.17. The number of cyclic esters (lactones) is 1. The van der Waals surface area contributed by atoms with Gasteiger partial charge in [0.05, 0.1) is 5.92 Å². The predicted octanol–water partition coefficient (Wildman–Crippen LogP) is 2.43. The second-order valence-electron chi connectivity index (χ2n) is 6.27. The Bertz CT molecular complexity index is 866. The highest BCUT2D eigenvalue weighted by Gasteiger charge is 2.36. The van der Waals surface area contributed by atoms with Crippen molar-refractivity contribution in [1.29, 1.82) is 0 Å². The van der Waals surface area contributed by atoms with E-state index in [0.29, 0.717) is 23.3 Å². The van der Waals surface area contributed by atoms with Crippen LogP contribution in [0, 0.1) is 5.92 Å². The third-order valence-electron chi connectivity index (χ3n) is 4.32. The Morgan fingerprint density at radius 2 is 2.12 bits per heavy atom. The van der Waals surface area contributed by atoms with Gasteiger partial charge in [-0.25, -0.2) is 4.79 Å². The van der Waals surface area contributed by atoms with Gasteiger partial charge in [-0.15, -0.1) is 0 Å². The van der Waals surface area contributed by atoms with Gasteiger partial charge in [-0.2, -0.15) is 0 Å². The van der Waals surface area contributed by atoms with Crippen LogP contribution in [0.15, 0.2) is 51.2 Å². The molecule has 1 saturated heterocycles. The number of aliphatic hydroxyl groups excluding tert-OH is 1. The number of carbonyl (C=O) groups is 1. The average molecular weight is 344 g/mol. The van der Waals surface area contributed by atoms with Gasteiger partial charge in [0.15, 0.2) is 0 Å². The summed E-state index contributed by atoms with van der Waals surface area (Å²) >= 11 is 0. The summed E-state index contributed by atoms with van der Waals surface area (Å²) in [5.41, 5.74) is 0.723. The molecule has 0 spiro atoms. The SMILES string of the molecule is C/C(=C\COc1ccc2ccc(=O)oc2c1)C(O)C1CC(C)C(=O)O1. The molecule has 3 rings (SSSR count). The van der Waals surface area contributed by atoms with Crippen molar-refractivity contribution < 1.29 is 23.8 Å². The Morgan fingerprint density at radius 3 is 2.84 bits per heavy atom. The van der Waals surface area contributed by atoms with Gasteiger partial charge in [-0.1, -0.05) is 6.92 Å². The van der Waals surface area contributed by atoms with E-state index in [1.807, 2.05) is 0 Å². The normalized spacial score (nSPS) is 22.0. The molecule has 1 aromatic carbocycles. The quantitative estimate of drug-likeness (QED) is 0.509. The molecule has 0 aliphatic carbocycles. The molecule has 0 bridgehead atoms. The summed E-state index contributed by atoms with van der Waals surface area (Å²) in [6.07, 6.45) is 0.906. The smallest absolute Gasteiger partial charge is 0.336 e. The number of hydrogen-bond donors (Lipinski definition) is 1. The van der Waals surface area contributed by atoms with E-state index in [9.17, 15) is 14.7 Å². The molecule has 25 heavy (non-hydrogen) atoms. The minimum absolute atomic E-state index is 0.184. The first-order chi connectivity index (χ1) is 11.9. The topological polar surface area (TPSA) is 86.0 Å². The fourth-order valence-corrected chi connectivity index (χ4v) is 2.77. The zero-order valence-electron chi connectivity index (χ0n) is 14.1. The molecule has 2 aromatic rings. The van der Waals surface area contributed by atoms with Crippen LogP contribution in [-0.2, 0) is 9.53 Å². The van der Waals surface area contributed by atoms with E-state index in [2.05, 4.69) is 0 Å². The third kappa shape index (κ3) is 3.91. The van der Waals surface area contributed by atoms with Crippen molar-refractivity contribution in [3.05, 3.63) is 52.4 Å². The van der Waals surface area contributed by atoms with Gasteiger partial charge in [0, 0.05) is 23.9 Å². The summed E-state index contributed by atoms with van der Waals surface area (Å²) in [7, 11) is 0. The Morgan fingerprint density at radius 1 is 1.36 bits per heavy atom. The maximum absolute atomic E-state index is 11.4. The first-order valence-electron chi connectivity index (χ1n) is 8.16. The lowest BCUT2D eigenvalue weighted by Crippen LogP contribution is -2.27. The highest BCUT2D eigenvalue weighted by atomic mass is 16.6. The van der Waals surface area contributed by atoms with Crippen molar-refractivity contribution in [2.75, 3.05) is 6.61 Å². The molecule has 2 heterocycles. The minimum Gasteiger partial charge on any atom is -0.489 e. The second-order valence-corrected chi connectivity index (χ2v) is 6.27. The van der Waals surface area contributed by atoms with Gasteiger partial charge in [0.2, 0.25) is 0 Å². The molecule has 3 unspecified atom stereocenters. The highest BCUT2D eigenvalue weighted by Crippen LogP contribution is 2.26. The second kappa shape index (κ2) is 7.11. The lowest BCUT2D eigenvalue weighted by molar-refractivity contribution is -0.146. The predicted molar refractivity (Wildman–Crippen MR) is 91.4 cm³/mol. The van der Waals surface area contributed by atoms with Crippen molar-refractivity contribution >= 4 is 16.9 Å². The molecule has 1 fully saturated rings. The third-order valence-corrected chi connectivity index (χ3v) is 4.32. The number of benzene rings is 1. The Kier molecular flexibility index (Phi) is 4.90. The van der Waals surface area contributed by atoms with Crippen LogP contribution in [0.1, 0.15) is 20.3 Å². The molecule has 1 aliphatic heterocycles. The van der Waals surface area contributed by atoms with Crippen LogP contribution in [0.2, 0.25) is 0 Å². The number of hydrogen-bond acceptors (Lipinski definition) is 6. The van der Waals surface area contributed by atoms with E-state index in [4.69, 9.17) is 13.9 Å². The molecule has 3 atom stereocenters. The fraction of sp³-hybridized carbons (Fsp3) is 0.368. The lowest BCUT2D eigenvalue weighted by atomic mass is 9.99. The zero-order chi connectivity index (χ0) is 18.0. The van der Waals surface area contributed by atoms with Gasteiger partial charge < -0.3 is 19.0 Å². The van der Waals surface area contributed by atoms with E-state index in [0.717, 1.165) is 5.39 Å². The molecule has 0 radical (unpaired) electrons. The van der Waals surface area contributed by atoms with Crippen molar-refractivity contribution in [3.8, 4) is 5.75 Å². The first kappa shape index (κ1) is 17.2. The fourth-order valence-electron chi connectivity index (χ4n) is 2.77. The summed E-state index contributed by atoms with van der Waals surface area (Å²) in [5.74, 6) is 0.100. The molecular weight excluding hydrogens is 324 g/mol. The van der Waals surface area contributed by atoms with Crippen LogP contribution in [0.5, 0.6) is 5.75 Å². The molecule has 1 aromatic heterocycles. The van der Waals surface area contributed by atoms with E-state index in [1.54, 1.807) is 44.2 Å². The molecule has 0 amide bonds. The van der Waals surface area contributed by atoms with E-state index >= 15 is 0 Å². The Balaban J connectivity index is 1.62. The van der Waals surface area contributed by atoms with Crippen molar-refractivity contribution in [2.45, 2.75) is 32.5 Å². The molecule has 6 nitrogen and oxygen atoms in total. The zero-order valence-corrected chi connectivity index (χ0v) is 14.1. The highest BCUT2D eigenvalue weighted by molar-refractivity contribution is 5.77. The van der Waals surface area contributed by atoms with Crippen molar-refractivity contribution in [2.24, 2.45) is 5.92 Å². The molecular formula is C19H20O6. The van der Waals surface area contributed by atoms with Gasteiger partial charge in [0.1, 0.15) is 30.1 Å². The molecule has 132 valence electrons. The monoisotopic (exact) mass is 344 g/mol. The molecule has 1 aliphatic rings. The van der Waals surface area contributed by atoms with Crippen LogP contribution >= 0.6 is 0 Å². The summed E-state index contributed by atoms with van der Waals surface area (Å²) in [4.78, 5) is 22.7. The number of esters is 1. The van der Waals surface area contributed by atoms with Crippen LogP contribution < -0.4 is 10.4 Å². The van der Waals surface area contributed by atoms with E-state index < -0.39 is 17.8 Å². The number of rotatable bonds is 5. The minimum atomic E-state index is -0.841. The molecule has 0 saturated carbocycles. The Hall–Kier alpha value is -2.60. The van der Waals surface area contributed by atoms with Crippen molar-refractivity contribution in [3.63, 3.8) is 0 Å². The van der Waals surface area contributed by atoms with Gasteiger partial charge in [-0.3, -0.25) is 4.79 Å². The summed E-state index contributed by atoms with van der Waals surface area (Å²) in [6.45, 7) is 3.79. The van der Waals surface area contributed by atoms with Crippen LogP contribution in [0.3, 0.4) is 0 Å². The van der Waals surface area contributed by atoms with Gasteiger partial charge in [-0.05, 0) is 36.8 Å². The Labute approximate surface area is 144 Å². The molecule has 6 heteroatoms.